The number of nitrogens with one attached hydrogen (secondary N) is 1. The summed E-state index contributed by atoms with van der Waals surface area (Å²) in [5.41, 5.74) is 1.88. The van der Waals surface area contributed by atoms with Crippen molar-refractivity contribution in [3.63, 3.8) is 0 Å². The van der Waals surface area contributed by atoms with E-state index >= 15 is 0 Å². The number of anilines is 1. The Morgan fingerprint density at radius 2 is 1.66 bits per heavy atom. The second kappa shape index (κ2) is 14.4. The predicted molar refractivity (Wildman–Crippen MR) is 157 cm³/mol. The van der Waals surface area contributed by atoms with Crippen LogP contribution in [0.15, 0.2) is 36.4 Å². The van der Waals surface area contributed by atoms with Crippen LogP contribution in [0.1, 0.15) is 51.2 Å². The molecule has 0 bridgehead atoms. The zero-order valence-corrected chi connectivity index (χ0v) is 25.5. The first-order chi connectivity index (χ1) is 17.7. The summed E-state index contributed by atoms with van der Waals surface area (Å²) in [6, 6.07) is 9.34. The Balaban J connectivity index is 2.28. The molecule has 1 N–H and O–H groups in total. The summed E-state index contributed by atoms with van der Waals surface area (Å²) in [5.74, 6) is -0.269. The van der Waals surface area contributed by atoms with Crippen LogP contribution in [0.3, 0.4) is 0 Å². The number of carbonyl (C=O) groups is 2. The average molecular weight is 605 g/mol. The van der Waals surface area contributed by atoms with Gasteiger partial charge in [0.25, 0.3) is 0 Å². The Bertz CT molecular complexity index is 1240. The van der Waals surface area contributed by atoms with Gasteiger partial charge >= 0.3 is 0 Å². The maximum Gasteiger partial charge on any atom is 0.242 e. The molecule has 0 aliphatic rings. The molecule has 0 aliphatic heterocycles. The van der Waals surface area contributed by atoms with E-state index in [0.29, 0.717) is 39.3 Å². The number of hydrogen-bond acceptors (Lipinski definition) is 4. The van der Waals surface area contributed by atoms with E-state index in [1.54, 1.807) is 43.3 Å². The van der Waals surface area contributed by atoms with Crippen molar-refractivity contribution in [2.24, 2.45) is 5.92 Å². The van der Waals surface area contributed by atoms with Gasteiger partial charge in [-0.15, -0.1) is 0 Å². The molecule has 0 aliphatic carbocycles. The van der Waals surface area contributed by atoms with Crippen molar-refractivity contribution in [3.05, 3.63) is 62.6 Å². The molecular weight excluding hydrogens is 569 g/mol. The van der Waals surface area contributed by atoms with Crippen molar-refractivity contribution >= 4 is 62.3 Å². The highest BCUT2D eigenvalue weighted by atomic mass is 35.5. The summed E-state index contributed by atoms with van der Waals surface area (Å²) in [4.78, 5) is 28.1. The van der Waals surface area contributed by atoms with Crippen molar-refractivity contribution in [2.45, 2.75) is 59.5 Å². The Hall–Kier alpha value is -2.00. The molecule has 2 aromatic carbocycles. The van der Waals surface area contributed by atoms with Crippen LogP contribution in [-0.4, -0.2) is 50.5 Å². The quantitative estimate of drug-likeness (QED) is 0.300. The van der Waals surface area contributed by atoms with Gasteiger partial charge in [-0.3, -0.25) is 13.9 Å². The number of carbonyl (C=O) groups excluding carboxylic acids is 2. The van der Waals surface area contributed by atoms with Gasteiger partial charge in [0.05, 0.1) is 11.9 Å². The van der Waals surface area contributed by atoms with Crippen molar-refractivity contribution in [1.82, 2.24) is 10.2 Å². The summed E-state index contributed by atoms with van der Waals surface area (Å²) < 4.78 is 26.4. The molecule has 2 aromatic rings. The van der Waals surface area contributed by atoms with Crippen LogP contribution in [0.2, 0.25) is 15.1 Å². The SMILES string of the molecule is CCC(C(=O)NCC(C)C)N(Cc1ccc(Cl)cc1Cl)C(=O)CCCN(c1cc(Cl)ccc1C)S(C)(=O)=O. The van der Waals surface area contributed by atoms with Gasteiger partial charge in [-0.1, -0.05) is 67.7 Å². The fourth-order valence-corrected chi connectivity index (χ4v) is 5.66. The Morgan fingerprint density at radius 3 is 2.24 bits per heavy atom. The molecule has 0 saturated carbocycles. The van der Waals surface area contributed by atoms with Gasteiger partial charge in [0.2, 0.25) is 21.8 Å². The van der Waals surface area contributed by atoms with Crippen LogP contribution in [0.4, 0.5) is 5.69 Å². The fraction of sp³-hybridized carbons (Fsp3) is 0.481. The van der Waals surface area contributed by atoms with Crippen molar-refractivity contribution in [2.75, 3.05) is 23.7 Å². The molecular formula is C27H36Cl3N3O4S. The number of nitrogens with zero attached hydrogens (tertiary/aromatic N) is 2. The summed E-state index contributed by atoms with van der Waals surface area (Å²) in [6.45, 7) is 8.31. The first-order valence-corrected chi connectivity index (χ1v) is 15.5. The van der Waals surface area contributed by atoms with Crippen molar-refractivity contribution < 1.29 is 18.0 Å². The van der Waals surface area contributed by atoms with E-state index in [0.717, 1.165) is 11.8 Å². The lowest BCUT2D eigenvalue weighted by Gasteiger charge is -2.31. The molecule has 1 atom stereocenters. The van der Waals surface area contributed by atoms with Gasteiger partial charge in [0.15, 0.2) is 0 Å². The third-order valence-corrected chi connectivity index (χ3v) is 8.02. The molecule has 0 saturated heterocycles. The number of aryl methyl sites for hydroxylation is 1. The van der Waals surface area contributed by atoms with E-state index in [1.165, 1.54) is 9.21 Å². The Labute approximate surface area is 241 Å². The zero-order valence-electron chi connectivity index (χ0n) is 22.4. The minimum atomic E-state index is -3.63. The van der Waals surface area contributed by atoms with E-state index in [9.17, 15) is 18.0 Å². The normalized spacial score (nSPS) is 12.3. The second-order valence-corrected chi connectivity index (χ2v) is 12.9. The highest BCUT2D eigenvalue weighted by molar-refractivity contribution is 7.92. The number of hydrogen-bond donors (Lipinski definition) is 1. The van der Waals surface area contributed by atoms with Gasteiger partial charge < -0.3 is 10.2 Å². The summed E-state index contributed by atoms with van der Waals surface area (Å²) in [7, 11) is -3.63. The first-order valence-electron chi connectivity index (χ1n) is 12.5. The van der Waals surface area contributed by atoms with Gasteiger partial charge in [-0.25, -0.2) is 8.42 Å². The molecule has 38 heavy (non-hydrogen) atoms. The second-order valence-electron chi connectivity index (χ2n) is 9.69. The van der Waals surface area contributed by atoms with Crippen LogP contribution in [0, 0.1) is 12.8 Å². The van der Waals surface area contributed by atoms with E-state index in [1.807, 2.05) is 20.8 Å². The molecule has 210 valence electrons. The minimum absolute atomic E-state index is 0.0325. The zero-order chi connectivity index (χ0) is 28.6. The topological polar surface area (TPSA) is 86.8 Å². The fourth-order valence-electron chi connectivity index (χ4n) is 4.01. The Morgan fingerprint density at radius 1 is 1.03 bits per heavy atom. The maximum atomic E-state index is 13.5. The highest BCUT2D eigenvalue weighted by Gasteiger charge is 2.29. The van der Waals surface area contributed by atoms with E-state index in [-0.39, 0.29) is 43.7 Å². The van der Waals surface area contributed by atoms with Gasteiger partial charge in [0.1, 0.15) is 6.04 Å². The lowest BCUT2D eigenvalue weighted by molar-refractivity contribution is -0.141. The van der Waals surface area contributed by atoms with Gasteiger partial charge in [0, 0.05) is 41.1 Å². The third-order valence-electron chi connectivity index (χ3n) is 6.02. The lowest BCUT2D eigenvalue weighted by atomic mass is 10.1. The third kappa shape index (κ3) is 9.33. The molecule has 0 radical (unpaired) electrons. The standard InChI is InChI=1S/C27H36Cl3N3O4S/c1-6-24(27(35)31-16-18(2)3)32(17-20-10-12-21(28)14-23(20)30)26(34)8-7-13-33(38(5,36)37)25-15-22(29)11-9-19(25)4/h9-12,14-15,18,24H,6-8,13,16-17H2,1-5H3,(H,31,35). The molecule has 0 fully saturated rings. The molecule has 2 amide bonds. The number of rotatable bonds is 13. The van der Waals surface area contributed by atoms with Crippen LogP contribution in [0.5, 0.6) is 0 Å². The number of halogens is 3. The van der Waals surface area contributed by atoms with Crippen LogP contribution in [-0.2, 0) is 26.2 Å². The molecule has 2 rings (SSSR count). The number of amides is 2. The molecule has 0 spiro atoms. The summed E-state index contributed by atoms with van der Waals surface area (Å²) >= 11 is 18.6. The average Bonchev–Trinajstić information content (AvgIpc) is 2.82. The van der Waals surface area contributed by atoms with Crippen LogP contribution >= 0.6 is 34.8 Å². The Kier molecular flexibility index (Phi) is 12.2. The highest BCUT2D eigenvalue weighted by Crippen LogP contribution is 2.27. The first kappa shape index (κ1) is 32.2. The van der Waals surface area contributed by atoms with Crippen LogP contribution in [0.25, 0.3) is 0 Å². The van der Waals surface area contributed by atoms with Crippen LogP contribution < -0.4 is 9.62 Å². The lowest BCUT2D eigenvalue weighted by Crippen LogP contribution is -2.49. The largest absolute Gasteiger partial charge is 0.354 e. The summed E-state index contributed by atoms with van der Waals surface area (Å²) in [5, 5.41) is 4.20. The van der Waals surface area contributed by atoms with E-state index in [4.69, 9.17) is 34.8 Å². The molecule has 1 unspecified atom stereocenters. The molecule has 11 heteroatoms. The van der Waals surface area contributed by atoms with E-state index in [2.05, 4.69) is 5.32 Å². The number of benzene rings is 2. The molecule has 0 aromatic heterocycles. The maximum absolute atomic E-state index is 13.5. The summed E-state index contributed by atoms with van der Waals surface area (Å²) in [6.07, 6.45) is 1.80. The predicted octanol–water partition coefficient (Wildman–Crippen LogP) is 6.08. The van der Waals surface area contributed by atoms with Gasteiger partial charge in [-0.2, -0.15) is 0 Å². The van der Waals surface area contributed by atoms with Gasteiger partial charge in [-0.05, 0) is 61.1 Å². The molecule has 7 nitrogen and oxygen atoms in total. The minimum Gasteiger partial charge on any atom is -0.354 e. The van der Waals surface area contributed by atoms with Crippen molar-refractivity contribution in [1.29, 1.82) is 0 Å². The molecule has 0 heterocycles. The monoisotopic (exact) mass is 603 g/mol. The number of sulfonamides is 1. The smallest absolute Gasteiger partial charge is 0.242 e. The van der Waals surface area contributed by atoms with Crippen molar-refractivity contribution in [3.8, 4) is 0 Å². The van der Waals surface area contributed by atoms with E-state index < -0.39 is 16.1 Å².